The van der Waals surface area contributed by atoms with Crippen molar-refractivity contribution >= 4 is 29.2 Å². The third-order valence-electron chi connectivity index (χ3n) is 5.81. The van der Waals surface area contributed by atoms with Crippen LogP contribution in [0.1, 0.15) is 38.8 Å². The van der Waals surface area contributed by atoms with Crippen LogP contribution in [-0.4, -0.2) is 30.9 Å². The molecule has 9 heteroatoms. The van der Waals surface area contributed by atoms with Gasteiger partial charge in [0.1, 0.15) is 6.04 Å². The quantitative estimate of drug-likeness (QED) is 0.487. The van der Waals surface area contributed by atoms with Gasteiger partial charge in [-0.1, -0.05) is 30.3 Å². The minimum Gasteiger partial charge on any atom is -0.465 e. The van der Waals surface area contributed by atoms with Crippen molar-refractivity contribution in [1.82, 2.24) is 0 Å². The lowest BCUT2D eigenvalue weighted by atomic mass is 10.0. The number of fused-ring (bicyclic) bond motifs is 1. The van der Waals surface area contributed by atoms with Crippen LogP contribution >= 0.6 is 0 Å². The average Bonchev–Trinajstić information content (AvgIpc) is 2.86. The highest BCUT2D eigenvalue weighted by molar-refractivity contribution is 6.17. The first-order valence-corrected chi connectivity index (χ1v) is 10.7. The predicted molar refractivity (Wildman–Crippen MR) is 123 cm³/mol. The topological polar surface area (TPSA) is 66.9 Å². The SMILES string of the molecule is COC(=O)c1ccc(CN2C(=O)[C@H](C)N(C(=O)c3cccc(C(F)(F)F)c3)c3ccccc32)cc1. The number of para-hydroxylation sites is 2. The highest BCUT2D eigenvalue weighted by atomic mass is 19.4. The van der Waals surface area contributed by atoms with Crippen LogP contribution in [-0.2, 0) is 22.3 Å². The Morgan fingerprint density at radius 3 is 2.20 bits per heavy atom. The molecule has 0 saturated heterocycles. The summed E-state index contributed by atoms with van der Waals surface area (Å²) in [5, 5.41) is 0. The van der Waals surface area contributed by atoms with Crippen LogP contribution in [0.4, 0.5) is 24.5 Å². The molecule has 3 aromatic carbocycles. The first-order valence-electron chi connectivity index (χ1n) is 10.7. The van der Waals surface area contributed by atoms with Crippen LogP contribution in [0.15, 0.2) is 72.8 Å². The maximum atomic E-state index is 13.4. The number of amides is 2. The van der Waals surface area contributed by atoms with Crippen molar-refractivity contribution < 1.29 is 32.3 Å². The summed E-state index contributed by atoms with van der Waals surface area (Å²) in [7, 11) is 1.29. The van der Waals surface area contributed by atoms with E-state index >= 15 is 0 Å². The molecular weight excluding hydrogens is 461 g/mol. The Morgan fingerprint density at radius 2 is 1.57 bits per heavy atom. The molecule has 180 valence electrons. The molecular formula is C26H21F3N2O4. The number of benzene rings is 3. The van der Waals surface area contributed by atoms with Gasteiger partial charge in [-0.15, -0.1) is 0 Å². The molecule has 6 nitrogen and oxygen atoms in total. The Labute approximate surface area is 199 Å². The zero-order valence-corrected chi connectivity index (χ0v) is 18.9. The van der Waals surface area contributed by atoms with E-state index in [4.69, 9.17) is 4.74 Å². The summed E-state index contributed by atoms with van der Waals surface area (Å²) < 4.78 is 44.3. The van der Waals surface area contributed by atoms with Gasteiger partial charge in [-0.05, 0) is 55.0 Å². The molecule has 0 bridgehead atoms. The smallest absolute Gasteiger partial charge is 0.416 e. The van der Waals surface area contributed by atoms with Crippen LogP contribution in [0.3, 0.4) is 0 Å². The van der Waals surface area contributed by atoms with Gasteiger partial charge >= 0.3 is 12.1 Å². The molecule has 0 fully saturated rings. The van der Waals surface area contributed by atoms with Gasteiger partial charge in [-0.2, -0.15) is 13.2 Å². The molecule has 4 rings (SSSR count). The lowest BCUT2D eigenvalue weighted by Crippen LogP contribution is -2.54. The Balaban J connectivity index is 1.68. The van der Waals surface area contributed by atoms with Gasteiger partial charge in [0.2, 0.25) is 5.91 Å². The van der Waals surface area contributed by atoms with E-state index in [-0.39, 0.29) is 18.0 Å². The Hall–Kier alpha value is -4.14. The molecule has 1 heterocycles. The second-order valence-electron chi connectivity index (χ2n) is 8.03. The summed E-state index contributed by atoms with van der Waals surface area (Å²) in [6, 6.07) is 16.5. The predicted octanol–water partition coefficient (Wildman–Crippen LogP) is 5.07. The lowest BCUT2D eigenvalue weighted by molar-refractivity contribution is -0.137. The summed E-state index contributed by atoms with van der Waals surface area (Å²) in [4.78, 5) is 41.1. The van der Waals surface area contributed by atoms with E-state index in [0.717, 1.165) is 17.7 Å². The van der Waals surface area contributed by atoms with Crippen molar-refractivity contribution in [1.29, 1.82) is 0 Å². The number of carbonyl (C=O) groups excluding carboxylic acids is 3. The molecule has 0 spiro atoms. The van der Waals surface area contributed by atoms with E-state index in [1.54, 1.807) is 48.5 Å². The number of anilines is 2. The number of hydrogen-bond acceptors (Lipinski definition) is 4. The molecule has 0 saturated carbocycles. The van der Waals surface area contributed by atoms with Gasteiger partial charge in [0, 0.05) is 5.56 Å². The van der Waals surface area contributed by atoms with Gasteiger partial charge in [0.05, 0.1) is 36.2 Å². The van der Waals surface area contributed by atoms with Crippen molar-refractivity contribution in [3.8, 4) is 0 Å². The van der Waals surface area contributed by atoms with Gasteiger partial charge in [0.25, 0.3) is 5.91 Å². The van der Waals surface area contributed by atoms with E-state index in [9.17, 15) is 27.6 Å². The highest BCUT2D eigenvalue weighted by Crippen LogP contribution is 2.38. The average molecular weight is 482 g/mol. The molecule has 35 heavy (non-hydrogen) atoms. The summed E-state index contributed by atoms with van der Waals surface area (Å²) in [6.45, 7) is 1.71. The van der Waals surface area contributed by atoms with E-state index in [0.29, 0.717) is 16.9 Å². The molecule has 0 N–H and O–H groups in total. The molecule has 2 amide bonds. The zero-order valence-electron chi connectivity index (χ0n) is 18.9. The first-order chi connectivity index (χ1) is 16.6. The maximum absolute atomic E-state index is 13.4. The molecule has 0 aliphatic carbocycles. The number of methoxy groups -OCH3 is 1. The fourth-order valence-electron chi connectivity index (χ4n) is 4.02. The third kappa shape index (κ3) is 4.62. The largest absolute Gasteiger partial charge is 0.465 e. The zero-order chi connectivity index (χ0) is 25.3. The standard InChI is InChI=1S/C26H21F3N2O4/c1-16-23(32)30(15-17-10-12-18(13-11-17)25(34)35-2)21-8-3-4-9-22(21)31(16)24(33)19-6-5-7-20(14-19)26(27,28)29/h3-14,16H,15H2,1-2H3/t16-/m0/s1. The maximum Gasteiger partial charge on any atom is 0.416 e. The number of ether oxygens (including phenoxy) is 1. The van der Waals surface area contributed by atoms with Gasteiger partial charge < -0.3 is 9.64 Å². The van der Waals surface area contributed by atoms with Gasteiger partial charge in [-0.25, -0.2) is 4.79 Å². The van der Waals surface area contributed by atoms with Crippen LogP contribution in [0.25, 0.3) is 0 Å². The van der Waals surface area contributed by atoms with Gasteiger partial charge in [-0.3, -0.25) is 14.5 Å². The van der Waals surface area contributed by atoms with Gasteiger partial charge in [0.15, 0.2) is 0 Å². The number of hydrogen-bond donors (Lipinski definition) is 0. The van der Waals surface area contributed by atoms with Crippen LogP contribution in [0.2, 0.25) is 0 Å². The van der Waals surface area contributed by atoms with Crippen LogP contribution in [0.5, 0.6) is 0 Å². The fourth-order valence-corrected chi connectivity index (χ4v) is 4.02. The second kappa shape index (κ2) is 9.25. The Kier molecular flexibility index (Phi) is 6.34. The van der Waals surface area contributed by atoms with Crippen molar-refractivity contribution in [2.24, 2.45) is 0 Å². The molecule has 1 aliphatic heterocycles. The summed E-state index contributed by atoms with van der Waals surface area (Å²) in [5.74, 6) is -1.57. The number of nitrogens with zero attached hydrogens (tertiary/aromatic N) is 2. The van der Waals surface area contributed by atoms with Crippen molar-refractivity contribution in [2.75, 3.05) is 16.9 Å². The highest BCUT2D eigenvalue weighted by Gasteiger charge is 2.39. The van der Waals surface area contributed by atoms with Crippen LogP contribution < -0.4 is 9.80 Å². The van der Waals surface area contributed by atoms with E-state index in [1.807, 2.05) is 0 Å². The number of halogens is 3. The second-order valence-corrected chi connectivity index (χ2v) is 8.03. The summed E-state index contributed by atoms with van der Waals surface area (Å²) >= 11 is 0. The number of rotatable bonds is 4. The number of esters is 1. The fraction of sp³-hybridized carbons (Fsp3) is 0.192. The normalized spacial score (nSPS) is 15.6. The minimum absolute atomic E-state index is 0.166. The summed E-state index contributed by atoms with van der Waals surface area (Å²) in [6.07, 6.45) is -4.60. The monoisotopic (exact) mass is 482 g/mol. The Bertz CT molecular complexity index is 1290. The molecule has 3 aromatic rings. The van der Waals surface area contributed by atoms with Crippen molar-refractivity contribution in [2.45, 2.75) is 25.7 Å². The molecule has 1 atom stereocenters. The number of carbonyl (C=O) groups is 3. The minimum atomic E-state index is -4.60. The molecule has 0 radical (unpaired) electrons. The van der Waals surface area contributed by atoms with Crippen molar-refractivity contribution in [3.05, 3.63) is 95.1 Å². The summed E-state index contributed by atoms with van der Waals surface area (Å²) in [5.41, 5.74) is 0.866. The molecule has 1 aliphatic rings. The van der Waals surface area contributed by atoms with E-state index in [2.05, 4.69) is 0 Å². The third-order valence-corrected chi connectivity index (χ3v) is 5.81. The number of alkyl halides is 3. The molecule has 0 aromatic heterocycles. The van der Waals surface area contributed by atoms with E-state index in [1.165, 1.54) is 36.0 Å². The lowest BCUT2D eigenvalue weighted by Gasteiger charge is -2.40. The Morgan fingerprint density at radius 1 is 0.914 bits per heavy atom. The van der Waals surface area contributed by atoms with E-state index < -0.39 is 29.7 Å². The molecule has 0 unspecified atom stereocenters. The van der Waals surface area contributed by atoms with Crippen LogP contribution in [0, 0.1) is 0 Å². The van der Waals surface area contributed by atoms with Crippen molar-refractivity contribution in [3.63, 3.8) is 0 Å². The first kappa shape index (κ1) is 24.0.